The van der Waals surface area contributed by atoms with Gasteiger partial charge in [0.2, 0.25) is 0 Å². The molecule has 0 nitrogen and oxygen atoms in total. The summed E-state index contributed by atoms with van der Waals surface area (Å²) < 4.78 is 0. The normalized spacial score (nSPS) is 30.4. The number of hydrogen-bond donors (Lipinski definition) is 0. The summed E-state index contributed by atoms with van der Waals surface area (Å²) in [7, 11) is 0. The van der Waals surface area contributed by atoms with Crippen LogP contribution in [0.4, 0.5) is 0 Å². The number of hydrogen-bond acceptors (Lipinski definition) is 0. The molecule has 0 aliphatic heterocycles. The third kappa shape index (κ3) is 1.52. The lowest BCUT2D eigenvalue weighted by atomic mass is 9.90. The Balaban J connectivity index is 2.37. The van der Waals surface area contributed by atoms with Crippen molar-refractivity contribution in [2.75, 3.05) is 0 Å². The van der Waals surface area contributed by atoms with Crippen molar-refractivity contribution in [1.29, 1.82) is 0 Å². The van der Waals surface area contributed by atoms with Gasteiger partial charge in [-0.1, -0.05) is 60.5 Å². The topological polar surface area (TPSA) is 0 Å². The van der Waals surface area contributed by atoms with Crippen LogP contribution in [-0.4, -0.2) is 0 Å². The van der Waals surface area contributed by atoms with Gasteiger partial charge >= 0.3 is 0 Å². The molecule has 1 aliphatic rings. The molecule has 1 heteroatoms. The van der Waals surface area contributed by atoms with E-state index in [1.54, 1.807) is 5.56 Å². The average Bonchev–Trinajstić information content (AvgIpc) is 2.45. The van der Waals surface area contributed by atoms with Gasteiger partial charge in [0.25, 0.3) is 0 Å². The van der Waals surface area contributed by atoms with Crippen LogP contribution in [-0.2, 0) is 0 Å². The molecule has 3 atom stereocenters. The minimum Gasteiger partial charge on any atom is -0.0836 e. The minimum absolute atomic E-state index is 0.565. The Labute approximate surface area is 94.8 Å². The van der Waals surface area contributed by atoms with E-state index in [-0.39, 0.29) is 0 Å². The van der Waals surface area contributed by atoms with Crippen LogP contribution < -0.4 is 0 Å². The maximum atomic E-state index is 3.81. The summed E-state index contributed by atoms with van der Waals surface area (Å²) in [6.07, 6.45) is 2.60. The molecule has 2 rings (SSSR count). The molecule has 1 aromatic rings. The lowest BCUT2D eigenvalue weighted by Crippen LogP contribution is -2.04. The highest BCUT2D eigenvalue weighted by Crippen LogP contribution is 2.50. The zero-order valence-electron chi connectivity index (χ0n) is 8.83. The molecule has 0 fully saturated rings. The Morgan fingerprint density at radius 3 is 2.50 bits per heavy atom. The Morgan fingerprint density at radius 1 is 1.21 bits per heavy atom. The molecule has 0 aromatic heterocycles. The van der Waals surface area contributed by atoms with Crippen LogP contribution in [0.1, 0.15) is 48.6 Å². The Bertz CT molecular complexity index is 319. The zero-order chi connectivity index (χ0) is 10.1. The van der Waals surface area contributed by atoms with Crippen molar-refractivity contribution in [3.05, 3.63) is 35.4 Å². The van der Waals surface area contributed by atoms with Crippen molar-refractivity contribution in [1.82, 2.24) is 0 Å². The van der Waals surface area contributed by atoms with Gasteiger partial charge in [0.15, 0.2) is 0 Å². The van der Waals surface area contributed by atoms with Crippen LogP contribution in [0.25, 0.3) is 0 Å². The van der Waals surface area contributed by atoms with Crippen LogP contribution in [0.5, 0.6) is 0 Å². The van der Waals surface area contributed by atoms with E-state index in [2.05, 4.69) is 54.0 Å². The molecular weight excluding hydrogens is 236 g/mol. The van der Waals surface area contributed by atoms with E-state index < -0.39 is 0 Å². The van der Waals surface area contributed by atoms with E-state index in [4.69, 9.17) is 0 Å². The van der Waals surface area contributed by atoms with Crippen LogP contribution in [0, 0.1) is 5.92 Å². The molecule has 0 amide bonds. The molecule has 0 saturated carbocycles. The fraction of sp³-hybridized carbons (Fsp3) is 0.538. The molecule has 1 aromatic carbocycles. The molecule has 14 heavy (non-hydrogen) atoms. The second kappa shape index (κ2) is 4.06. The molecule has 76 valence electrons. The highest BCUT2D eigenvalue weighted by molar-refractivity contribution is 9.09. The van der Waals surface area contributed by atoms with Crippen molar-refractivity contribution in [3.8, 4) is 0 Å². The van der Waals surface area contributed by atoms with Gasteiger partial charge in [0.05, 0.1) is 0 Å². The van der Waals surface area contributed by atoms with E-state index in [0.29, 0.717) is 4.83 Å². The fourth-order valence-electron chi connectivity index (χ4n) is 2.60. The first-order chi connectivity index (χ1) is 6.75. The summed E-state index contributed by atoms with van der Waals surface area (Å²) in [5.74, 6) is 1.51. The summed E-state index contributed by atoms with van der Waals surface area (Å²) in [5, 5.41) is 0. The Morgan fingerprint density at radius 2 is 1.86 bits per heavy atom. The fourth-order valence-corrected chi connectivity index (χ4v) is 3.38. The first-order valence-electron chi connectivity index (χ1n) is 5.48. The van der Waals surface area contributed by atoms with Gasteiger partial charge in [-0.3, -0.25) is 0 Å². The molecule has 0 N–H and O–H groups in total. The molecule has 1 aliphatic carbocycles. The highest BCUT2D eigenvalue weighted by atomic mass is 79.9. The van der Waals surface area contributed by atoms with E-state index in [0.717, 1.165) is 11.8 Å². The Hall–Kier alpha value is -0.300. The minimum atomic E-state index is 0.565. The number of fused-ring (bicyclic) bond motifs is 1. The Kier molecular flexibility index (Phi) is 2.96. The first-order valence-corrected chi connectivity index (χ1v) is 6.40. The highest BCUT2D eigenvalue weighted by Gasteiger charge is 2.35. The summed E-state index contributed by atoms with van der Waals surface area (Å²) in [4.78, 5) is 0.565. The van der Waals surface area contributed by atoms with Crippen LogP contribution >= 0.6 is 15.9 Å². The second-order valence-electron chi connectivity index (χ2n) is 4.28. The van der Waals surface area contributed by atoms with E-state index in [9.17, 15) is 0 Å². The van der Waals surface area contributed by atoms with Gasteiger partial charge < -0.3 is 0 Å². The monoisotopic (exact) mass is 252 g/mol. The molecule has 0 saturated heterocycles. The van der Waals surface area contributed by atoms with Crippen molar-refractivity contribution in [3.63, 3.8) is 0 Å². The van der Waals surface area contributed by atoms with Gasteiger partial charge in [-0.25, -0.2) is 0 Å². The number of rotatable bonds is 2. The van der Waals surface area contributed by atoms with Crippen LogP contribution in [0.2, 0.25) is 0 Å². The van der Waals surface area contributed by atoms with Gasteiger partial charge in [0.1, 0.15) is 0 Å². The molecular formula is C13H17Br. The SMILES string of the molecule is CCCC1c2ccccc2C(Br)C1C. The standard InChI is InChI=1S/C13H17Br/c1-3-6-10-9(2)13(14)12-8-5-4-7-11(10)12/h4-5,7-10,13H,3,6H2,1-2H3. The number of alkyl halides is 1. The van der Waals surface area contributed by atoms with Crippen molar-refractivity contribution < 1.29 is 0 Å². The predicted molar refractivity (Wildman–Crippen MR) is 64.9 cm³/mol. The van der Waals surface area contributed by atoms with Gasteiger partial charge in [-0.05, 0) is 29.4 Å². The maximum Gasteiger partial charge on any atom is 0.0429 e. The average molecular weight is 253 g/mol. The van der Waals surface area contributed by atoms with E-state index in [1.807, 2.05) is 0 Å². The lowest BCUT2D eigenvalue weighted by molar-refractivity contribution is 0.464. The summed E-state index contributed by atoms with van der Waals surface area (Å²) in [6.45, 7) is 4.64. The number of benzene rings is 1. The third-order valence-electron chi connectivity index (χ3n) is 3.39. The summed E-state index contributed by atoms with van der Waals surface area (Å²) in [6, 6.07) is 8.88. The third-order valence-corrected chi connectivity index (χ3v) is 4.72. The smallest absolute Gasteiger partial charge is 0.0429 e. The van der Waals surface area contributed by atoms with Crippen molar-refractivity contribution >= 4 is 15.9 Å². The predicted octanol–water partition coefficient (Wildman–Crippen LogP) is 4.66. The zero-order valence-corrected chi connectivity index (χ0v) is 10.4. The maximum absolute atomic E-state index is 3.81. The van der Waals surface area contributed by atoms with Crippen LogP contribution in [0.15, 0.2) is 24.3 Å². The van der Waals surface area contributed by atoms with Crippen LogP contribution in [0.3, 0.4) is 0 Å². The molecule has 0 bridgehead atoms. The van der Waals surface area contributed by atoms with Gasteiger partial charge in [-0.15, -0.1) is 0 Å². The van der Waals surface area contributed by atoms with Crippen molar-refractivity contribution in [2.24, 2.45) is 5.92 Å². The van der Waals surface area contributed by atoms with Gasteiger partial charge in [-0.2, -0.15) is 0 Å². The quantitative estimate of drug-likeness (QED) is 0.672. The largest absolute Gasteiger partial charge is 0.0836 e. The molecule has 3 unspecified atom stereocenters. The molecule has 0 heterocycles. The van der Waals surface area contributed by atoms with Gasteiger partial charge in [0, 0.05) is 4.83 Å². The van der Waals surface area contributed by atoms with E-state index >= 15 is 0 Å². The summed E-state index contributed by atoms with van der Waals surface area (Å²) >= 11 is 3.81. The molecule has 0 spiro atoms. The first kappa shape index (κ1) is 10.2. The van der Waals surface area contributed by atoms with Crippen molar-refractivity contribution in [2.45, 2.75) is 37.4 Å². The molecule has 0 radical (unpaired) electrons. The number of halogens is 1. The second-order valence-corrected chi connectivity index (χ2v) is 5.27. The summed E-state index contributed by atoms with van der Waals surface area (Å²) in [5.41, 5.74) is 3.09. The lowest BCUT2D eigenvalue weighted by Gasteiger charge is -2.17. The van der Waals surface area contributed by atoms with E-state index in [1.165, 1.54) is 18.4 Å².